The predicted octanol–water partition coefficient (Wildman–Crippen LogP) is 4.50. The van der Waals surface area contributed by atoms with Crippen molar-refractivity contribution in [3.05, 3.63) is 29.3 Å². The minimum absolute atomic E-state index is 0.633. The Hall–Kier alpha value is -1.02. The van der Waals surface area contributed by atoms with Crippen LogP contribution in [0.3, 0.4) is 0 Å². The second-order valence-electron chi connectivity index (χ2n) is 6.34. The number of benzene rings is 1. The van der Waals surface area contributed by atoms with Gasteiger partial charge >= 0.3 is 0 Å². The Morgan fingerprint density at radius 3 is 2.76 bits per heavy atom. The molecule has 1 aromatic rings. The molecule has 0 bridgehead atoms. The Bertz CT molecular complexity index is 416. The first kappa shape index (κ1) is 16.4. The lowest BCUT2D eigenvalue weighted by Crippen LogP contribution is -2.26. The Balaban J connectivity index is 1.62. The highest BCUT2D eigenvalue weighted by Crippen LogP contribution is 2.25. The van der Waals surface area contributed by atoms with Crippen molar-refractivity contribution in [1.82, 2.24) is 5.32 Å². The molecule has 0 aromatic heterocycles. The van der Waals surface area contributed by atoms with Gasteiger partial charge in [-0.1, -0.05) is 13.0 Å². The topological polar surface area (TPSA) is 21.3 Å². The van der Waals surface area contributed by atoms with Gasteiger partial charge < -0.3 is 10.1 Å². The molecule has 0 saturated heterocycles. The van der Waals surface area contributed by atoms with Gasteiger partial charge in [0.05, 0.1) is 6.61 Å². The van der Waals surface area contributed by atoms with E-state index in [0.29, 0.717) is 6.04 Å². The van der Waals surface area contributed by atoms with Gasteiger partial charge in [0.25, 0.3) is 0 Å². The molecule has 1 N–H and O–H groups in total. The van der Waals surface area contributed by atoms with Crippen molar-refractivity contribution >= 4 is 0 Å². The Kier molecular flexibility index (Phi) is 7.08. The minimum Gasteiger partial charge on any atom is -0.494 e. The van der Waals surface area contributed by atoms with Gasteiger partial charge in [-0.3, -0.25) is 0 Å². The number of ether oxygens (including phenoxy) is 1. The molecule has 2 heteroatoms. The number of rotatable bonds is 9. The molecule has 21 heavy (non-hydrogen) atoms. The van der Waals surface area contributed by atoms with Gasteiger partial charge in [-0.05, 0) is 88.1 Å². The van der Waals surface area contributed by atoms with Gasteiger partial charge in [-0.2, -0.15) is 0 Å². The molecule has 118 valence electrons. The smallest absolute Gasteiger partial charge is 0.119 e. The maximum Gasteiger partial charge on any atom is 0.119 e. The second-order valence-corrected chi connectivity index (χ2v) is 6.34. The summed E-state index contributed by atoms with van der Waals surface area (Å²) in [6.45, 7) is 6.47. The van der Waals surface area contributed by atoms with Crippen LogP contribution in [0, 0.1) is 0 Å². The van der Waals surface area contributed by atoms with Crippen molar-refractivity contribution in [3.63, 3.8) is 0 Å². The fraction of sp³-hybridized carbons (Fsp3) is 0.684. The molecule has 0 fully saturated rings. The third-order valence-corrected chi connectivity index (χ3v) is 4.36. The first-order valence-electron chi connectivity index (χ1n) is 8.77. The van der Waals surface area contributed by atoms with E-state index < -0.39 is 0 Å². The molecule has 1 unspecified atom stereocenters. The van der Waals surface area contributed by atoms with E-state index in [2.05, 4.69) is 37.4 Å². The van der Waals surface area contributed by atoms with Crippen LogP contribution in [0.25, 0.3) is 0 Å². The summed E-state index contributed by atoms with van der Waals surface area (Å²) in [4.78, 5) is 0. The van der Waals surface area contributed by atoms with Crippen molar-refractivity contribution < 1.29 is 4.74 Å². The van der Waals surface area contributed by atoms with E-state index in [0.717, 1.165) is 25.3 Å². The van der Waals surface area contributed by atoms with Crippen molar-refractivity contribution in [2.75, 3.05) is 13.2 Å². The van der Waals surface area contributed by atoms with Gasteiger partial charge in [0, 0.05) is 6.04 Å². The van der Waals surface area contributed by atoms with E-state index in [9.17, 15) is 0 Å². The van der Waals surface area contributed by atoms with Crippen LogP contribution in [-0.4, -0.2) is 19.2 Å². The predicted molar refractivity (Wildman–Crippen MR) is 90.2 cm³/mol. The molecule has 0 spiro atoms. The molecule has 2 nitrogen and oxygen atoms in total. The average Bonchev–Trinajstić information content (AvgIpc) is 2.52. The van der Waals surface area contributed by atoms with Crippen molar-refractivity contribution in [2.45, 2.75) is 71.3 Å². The molecule has 1 aliphatic carbocycles. The normalized spacial score (nSPS) is 15.5. The van der Waals surface area contributed by atoms with Crippen molar-refractivity contribution in [3.8, 4) is 5.75 Å². The van der Waals surface area contributed by atoms with E-state index in [4.69, 9.17) is 4.74 Å². The van der Waals surface area contributed by atoms with Crippen LogP contribution in [0.2, 0.25) is 0 Å². The van der Waals surface area contributed by atoms with Crippen LogP contribution >= 0.6 is 0 Å². The highest BCUT2D eigenvalue weighted by Gasteiger charge is 2.09. The molecular weight excluding hydrogens is 258 g/mol. The van der Waals surface area contributed by atoms with Crippen molar-refractivity contribution in [2.24, 2.45) is 0 Å². The van der Waals surface area contributed by atoms with Crippen LogP contribution in [0.15, 0.2) is 18.2 Å². The molecule has 1 atom stereocenters. The second kappa shape index (κ2) is 9.09. The maximum atomic E-state index is 5.91. The fourth-order valence-electron chi connectivity index (χ4n) is 3.03. The van der Waals surface area contributed by atoms with E-state index in [1.807, 2.05) is 0 Å². The number of unbranched alkanes of at least 4 members (excludes halogenated alkanes) is 1. The summed E-state index contributed by atoms with van der Waals surface area (Å²) >= 11 is 0. The zero-order valence-electron chi connectivity index (χ0n) is 13.8. The summed E-state index contributed by atoms with van der Waals surface area (Å²) in [5.74, 6) is 1.06. The van der Waals surface area contributed by atoms with Crippen LogP contribution in [0.4, 0.5) is 0 Å². The van der Waals surface area contributed by atoms with Crippen LogP contribution < -0.4 is 10.1 Å². The standard InChI is InChI=1S/C19H31NO/c1-3-13-20-16(2)8-6-7-14-21-19-12-11-17-9-4-5-10-18(17)15-19/h11-12,15-16,20H,3-10,13-14H2,1-2H3. The summed E-state index contributed by atoms with van der Waals surface area (Å²) < 4.78 is 5.91. The average molecular weight is 289 g/mol. The highest BCUT2D eigenvalue weighted by molar-refractivity contribution is 5.37. The van der Waals surface area contributed by atoms with Crippen LogP contribution in [0.5, 0.6) is 5.75 Å². The Morgan fingerprint density at radius 2 is 1.95 bits per heavy atom. The fourth-order valence-corrected chi connectivity index (χ4v) is 3.03. The van der Waals surface area contributed by atoms with Gasteiger partial charge in [0.1, 0.15) is 5.75 Å². The lowest BCUT2D eigenvalue weighted by atomic mass is 9.92. The van der Waals surface area contributed by atoms with Crippen LogP contribution in [0.1, 0.15) is 63.5 Å². The van der Waals surface area contributed by atoms with E-state index in [-0.39, 0.29) is 0 Å². The molecular formula is C19H31NO. The largest absolute Gasteiger partial charge is 0.494 e. The van der Waals surface area contributed by atoms with Gasteiger partial charge in [-0.25, -0.2) is 0 Å². The van der Waals surface area contributed by atoms with Gasteiger partial charge in [0.15, 0.2) is 0 Å². The minimum atomic E-state index is 0.633. The molecule has 0 aliphatic heterocycles. The van der Waals surface area contributed by atoms with E-state index in [1.54, 1.807) is 0 Å². The summed E-state index contributed by atoms with van der Waals surface area (Å²) in [6.07, 6.45) is 10.00. The maximum absolute atomic E-state index is 5.91. The highest BCUT2D eigenvalue weighted by atomic mass is 16.5. The molecule has 0 saturated carbocycles. The summed E-state index contributed by atoms with van der Waals surface area (Å²) in [5.41, 5.74) is 3.04. The molecule has 0 heterocycles. The Labute approximate surface area is 130 Å². The summed E-state index contributed by atoms with van der Waals surface area (Å²) in [6, 6.07) is 7.31. The van der Waals surface area contributed by atoms with Gasteiger partial charge in [0.2, 0.25) is 0 Å². The van der Waals surface area contributed by atoms with E-state index >= 15 is 0 Å². The third kappa shape index (κ3) is 5.70. The molecule has 1 aliphatic rings. The lowest BCUT2D eigenvalue weighted by Gasteiger charge is -2.17. The van der Waals surface area contributed by atoms with Crippen LogP contribution in [-0.2, 0) is 12.8 Å². The van der Waals surface area contributed by atoms with E-state index in [1.165, 1.54) is 56.1 Å². The van der Waals surface area contributed by atoms with Crippen molar-refractivity contribution in [1.29, 1.82) is 0 Å². The first-order chi connectivity index (χ1) is 10.3. The number of fused-ring (bicyclic) bond motifs is 1. The molecule has 2 rings (SSSR count). The Morgan fingerprint density at radius 1 is 1.14 bits per heavy atom. The summed E-state index contributed by atoms with van der Waals surface area (Å²) in [5, 5.41) is 3.53. The third-order valence-electron chi connectivity index (χ3n) is 4.36. The summed E-state index contributed by atoms with van der Waals surface area (Å²) in [7, 11) is 0. The molecule has 1 aromatic carbocycles. The monoisotopic (exact) mass is 289 g/mol. The van der Waals surface area contributed by atoms with Gasteiger partial charge in [-0.15, -0.1) is 0 Å². The lowest BCUT2D eigenvalue weighted by molar-refractivity contribution is 0.301. The zero-order chi connectivity index (χ0) is 14.9. The number of aryl methyl sites for hydroxylation is 2. The molecule has 0 radical (unpaired) electrons. The quantitative estimate of drug-likeness (QED) is 0.676. The zero-order valence-corrected chi connectivity index (χ0v) is 13.8. The SMILES string of the molecule is CCCNC(C)CCCCOc1ccc2c(c1)CCCC2. The number of hydrogen-bond donors (Lipinski definition) is 1. The number of hydrogen-bond acceptors (Lipinski definition) is 2. The molecule has 0 amide bonds. The number of nitrogens with one attached hydrogen (secondary N) is 1. The first-order valence-corrected chi connectivity index (χ1v) is 8.77.